The van der Waals surface area contributed by atoms with Gasteiger partial charge >= 0.3 is 0 Å². The smallest absolute Gasteiger partial charge is 0.0130 e. The van der Waals surface area contributed by atoms with Gasteiger partial charge in [-0.15, -0.1) is 0 Å². The zero-order chi connectivity index (χ0) is 13.8. The van der Waals surface area contributed by atoms with E-state index in [1.165, 1.54) is 36.1 Å². The summed E-state index contributed by atoms with van der Waals surface area (Å²) < 4.78 is 0. The molecule has 1 N–H and O–H groups in total. The van der Waals surface area contributed by atoms with Gasteiger partial charge in [0.2, 0.25) is 0 Å². The molecule has 2 unspecified atom stereocenters. The van der Waals surface area contributed by atoms with Crippen molar-refractivity contribution in [1.29, 1.82) is 0 Å². The lowest BCUT2D eigenvalue weighted by Crippen LogP contribution is -2.33. The molecule has 1 fully saturated rings. The largest absolute Gasteiger partial charge is 0.316 e. The van der Waals surface area contributed by atoms with Crippen molar-refractivity contribution >= 4 is 0 Å². The summed E-state index contributed by atoms with van der Waals surface area (Å²) in [6, 6.07) is 20.1. The van der Waals surface area contributed by atoms with Crippen molar-refractivity contribution in [2.24, 2.45) is 5.92 Å². The van der Waals surface area contributed by atoms with E-state index < -0.39 is 0 Å². The Morgan fingerprint density at radius 2 is 1.65 bits per heavy atom. The number of hydrogen-bond donors (Lipinski definition) is 1. The first kappa shape index (κ1) is 13.4. The molecule has 1 aliphatic rings. The van der Waals surface area contributed by atoms with Crippen molar-refractivity contribution in [1.82, 2.24) is 5.32 Å². The zero-order valence-corrected chi connectivity index (χ0v) is 12.2. The van der Waals surface area contributed by atoms with E-state index in [9.17, 15) is 0 Å². The molecule has 1 aliphatic heterocycles. The van der Waals surface area contributed by atoms with Gasteiger partial charge in [0.05, 0.1) is 0 Å². The number of rotatable bonds is 3. The topological polar surface area (TPSA) is 12.0 Å². The van der Waals surface area contributed by atoms with Crippen molar-refractivity contribution in [2.75, 3.05) is 13.1 Å². The number of benzene rings is 2. The molecule has 2 aromatic carbocycles. The fraction of sp³-hybridized carbons (Fsp3) is 0.368. The van der Waals surface area contributed by atoms with Crippen LogP contribution in [0.1, 0.15) is 35.4 Å². The van der Waals surface area contributed by atoms with Crippen LogP contribution in [-0.4, -0.2) is 13.1 Å². The van der Waals surface area contributed by atoms with Gasteiger partial charge in [-0.05, 0) is 49.9 Å². The normalized spacial score (nSPS) is 20.6. The summed E-state index contributed by atoms with van der Waals surface area (Å²) in [7, 11) is 0. The first-order chi connectivity index (χ1) is 9.84. The molecule has 1 saturated heterocycles. The highest BCUT2D eigenvalue weighted by Gasteiger charge is 2.26. The van der Waals surface area contributed by atoms with E-state index >= 15 is 0 Å². The van der Waals surface area contributed by atoms with Crippen LogP contribution in [0, 0.1) is 12.8 Å². The minimum atomic E-state index is 0.518. The fourth-order valence-corrected chi connectivity index (χ4v) is 3.33. The lowest BCUT2D eigenvalue weighted by molar-refractivity contribution is 0.346. The summed E-state index contributed by atoms with van der Waals surface area (Å²) in [5, 5.41) is 3.57. The van der Waals surface area contributed by atoms with Crippen LogP contribution in [0.2, 0.25) is 0 Å². The second-order valence-electron chi connectivity index (χ2n) is 5.91. The molecule has 0 radical (unpaired) electrons. The molecule has 0 aliphatic carbocycles. The third-order valence-corrected chi connectivity index (χ3v) is 4.40. The molecule has 0 amide bonds. The third kappa shape index (κ3) is 2.94. The molecule has 20 heavy (non-hydrogen) atoms. The Kier molecular flexibility index (Phi) is 4.17. The average molecular weight is 265 g/mol. The molecular weight excluding hydrogens is 242 g/mol. The van der Waals surface area contributed by atoms with Gasteiger partial charge < -0.3 is 5.32 Å². The molecule has 1 heteroatoms. The van der Waals surface area contributed by atoms with Gasteiger partial charge in [0.1, 0.15) is 0 Å². The molecule has 2 aromatic rings. The maximum Gasteiger partial charge on any atom is 0.0130 e. The van der Waals surface area contributed by atoms with E-state index in [0.29, 0.717) is 11.8 Å². The summed E-state index contributed by atoms with van der Waals surface area (Å²) in [4.78, 5) is 0. The Morgan fingerprint density at radius 3 is 2.30 bits per heavy atom. The van der Waals surface area contributed by atoms with Crippen molar-refractivity contribution in [2.45, 2.75) is 25.7 Å². The van der Waals surface area contributed by atoms with E-state index in [-0.39, 0.29) is 0 Å². The Hall–Kier alpha value is -1.60. The second kappa shape index (κ2) is 6.23. The minimum absolute atomic E-state index is 0.518. The summed E-state index contributed by atoms with van der Waals surface area (Å²) in [6.07, 6.45) is 2.61. The average Bonchev–Trinajstić information content (AvgIpc) is 2.52. The van der Waals surface area contributed by atoms with E-state index in [0.717, 1.165) is 6.54 Å². The lowest BCUT2D eigenvalue weighted by atomic mass is 9.77. The first-order valence-corrected chi connectivity index (χ1v) is 7.67. The van der Waals surface area contributed by atoms with Gasteiger partial charge in [-0.3, -0.25) is 0 Å². The van der Waals surface area contributed by atoms with Crippen molar-refractivity contribution < 1.29 is 0 Å². The van der Waals surface area contributed by atoms with Gasteiger partial charge in [-0.2, -0.15) is 0 Å². The van der Waals surface area contributed by atoms with Crippen LogP contribution in [0.3, 0.4) is 0 Å². The SMILES string of the molecule is Cc1ccc(C(c2ccccc2)C2CCCNC2)cc1. The van der Waals surface area contributed by atoms with E-state index in [4.69, 9.17) is 0 Å². The molecule has 3 rings (SSSR count). The number of piperidine rings is 1. The quantitative estimate of drug-likeness (QED) is 0.880. The van der Waals surface area contributed by atoms with Crippen LogP contribution in [0.5, 0.6) is 0 Å². The van der Waals surface area contributed by atoms with Crippen LogP contribution in [0.25, 0.3) is 0 Å². The van der Waals surface area contributed by atoms with Crippen LogP contribution in [0.4, 0.5) is 0 Å². The highest BCUT2D eigenvalue weighted by atomic mass is 14.9. The van der Waals surface area contributed by atoms with Gasteiger partial charge in [0.15, 0.2) is 0 Å². The van der Waals surface area contributed by atoms with Crippen LogP contribution in [-0.2, 0) is 0 Å². The van der Waals surface area contributed by atoms with Crippen LogP contribution < -0.4 is 5.32 Å². The van der Waals surface area contributed by atoms with Gasteiger partial charge in [0.25, 0.3) is 0 Å². The Morgan fingerprint density at radius 1 is 0.950 bits per heavy atom. The van der Waals surface area contributed by atoms with Gasteiger partial charge in [-0.25, -0.2) is 0 Å². The molecule has 0 aromatic heterocycles. The Balaban J connectivity index is 1.96. The van der Waals surface area contributed by atoms with E-state index in [1.807, 2.05) is 0 Å². The number of aryl methyl sites for hydroxylation is 1. The molecule has 0 spiro atoms. The van der Waals surface area contributed by atoms with Gasteiger partial charge in [0, 0.05) is 5.92 Å². The molecular formula is C19H23N. The summed E-state index contributed by atoms with van der Waals surface area (Å²) in [5.74, 6) is 1.22. The standard InChI is InChI=1S/C19H23N/c1-15-9-11-17(12-10-15)19(16-6-3-2-4-7-16)18-8-5-13-20-14-18/h2-4,6-7,9-12,18-20H,5,8,13-14H2,1H3. The Bertz CT molecular complexity index is 523. The Labute approximate surface area is 122 Å². The summed E-state index contributed by atoms with van der Waals surface area (Å²) in [6.45, 7) is 4.46. The molecule has 0 saturated carbocycles. The number of hydrogen-bond acceptors (Lipinski definition) is 1. The van der Waals surface area contributed by atoms with E-state index in [2.05, 4.69) is 66.8 Å². The highest BCUT2D eigenvalue weighted by Crippen LogP contribution is 2.35. The van der Waals surface area contributed by atoms with Gasteiger partial charge in [-0.1, -0.05) is 60.2 Å². The molecule has 104 valence electrons. The maximum absolute atomic E-state index is 3.57. The molecule has 2 atom stereocenters. The van der Waals surface area contributed by atoms with Crippen LogP contribution >= 0.6 is 0 Å². The van der Waals surface area contributed by atoms with Crippen molar-refractivity contribution in [3.05, 3.63) is 71.3 Å². The molecule has 1 heterocycles. The fourth-order valence-electron chi connectivity index (χ4n) is 3.33. The second-order valence-corrected chi connectivity index (χ2v) is 5.91. The first-order valence-electron chi connectivity index (χ1n) is 7.67. The lowest BCUT2D eigenvalue weighted by Gasteiger charge is -2.31. The highest BCUT2D eigenvalue weighted by molar-refractivity contribution is 5.35. The molecule has 1 nitrogen and oxygen atoms in total. The maximum atomic E-state index is 3.57. The monoisotopic (exact) mass is 265 g/mol. The predicted molar refractivity (Wildman–Crippen MR) is 85.1 cm³/mol. The number of nitrogens with one attached hydrogen (secondary N) is 1. The predicted octanol–water partition coefficient (Wildman–Crippen LogP) is 4.13. The third-order valence-electron chi connectivity index (χ3n) is 4.40. The minimum Gasteiger partial charge on any atom is -0.316 e. The summed E-state index contributed by atoms with van der Waals surface area (Å²) >= 11 is 0. The van der Waals surface area contributed by atoms with Crippen molar-refractivity contribution in [3.63, 3.8) is 0 Å². The van der Waals surface area contributed by atoms with E-state index in [1.54, 1.807) is 0 Å². The molecule has 0 bridgehead atoms. The van der Waals surface area contributed by atoms with Crippen LogP contribution in [0.15, 0.2) is 54.6 Å². The zero-order valence-electron chi connectivity index (χ0n) is 12.2. The summed E-state index contributed by atoms with van der Waals surface area (Å²) in [5.41, 5.74) is 4.24. The van der Waals surface area contributed by atoms with Crippen molar-refractivity contribution in [3.8, 4) is 0 Å².